The predicted molar refractivity (Wildman–Crippen MR) is 122 cm³/mol. The topological polar surface area (TPSA) is 58.6 Å². The van der Waals surface area contributed by atoms with Gasteiger partial charge in [0.05, 0.1) is 29.6 Å². The van der Waals surface area contributed by atoms with E-state index < -0.39 is 0 Å². The van der Waals surface area contributed by atoms with Crippen LogP contribution in [0.3, 0.4) is 0 Å². The second kappa shape index (κ2) is 8.51. The Balaban J connectivity index is 1.73. The van der Waals surface area contributed by atoms with Gasteiger partial charge in [-0.1, -0.05) is 17.4 Å². The van der Waals surface area contributed by atoms with Crippen molar-refractivity contribution in [1.29, 1.82) is 0 Å². The summed E-state index contributed by atoms with van der Waals surface area (Å²) in [6, 6.07) is 19.0. The van der Waals surface area contributed by atoms with Gasteiger partial charge in [-0.25, -0.2) is 4.98 Å². The highest BCUT2D eigenvalue weighted by Crippen LogP contribution is 2.32. The second-order valence-electron chi connectivity index (χ2n) is 6.98. The Morgan fingerprint density at radius 3 is 2.53 bits per heavy atom. The quantitative estimate of drug-likeness (QED) is 0.458. The molecule has 0 aliphatic rings. The lowest BCUT2D eigenvalue weighted by Crippen LogP contribution is -2.30. The van der Waals surface area contributed by atoms with E-state index in [1.54, 1.807) is 18.2 Å². The molecular formula is C23H22N4O2S. The van der Waals surface area contributed by atoms with Crippen LogP contribution in [0.15, 0.2) is 66.9 Å². The Labute approximate surface area is 179 Å². The summed E-state index contributed by atoms with van der Waals surface area (Å²) in [6.45, 7) is 0.339. The van der Waals surface area contributed by atoms with E-state index in [-0.39, 0.29) is 5.91 Å². The molecule has 0 spiro atoms. The number of pyridine rings is 1. The van der Waals surface area contributed by atoms with Gasteiger partial charge in [0, 0.05) is 37.6 Å². The van der Waals surface area contributed by atoms with Crippen molar-refractivity contribution < 1.29 is 9.53 Å². The van der Waals surface area contributed by atoms with Gasteiger partial charge in [-0.3, -0.25) is 14.7 Å². The van der Waals surface area contributed by atoms with Gasteiger partial charge in [0.25, 0.3) is 5.91 Å². The number of carbonyl (C=O) groups excluding carboxylic acids is 1. The van der Waals surface area contributed by atoms with Crippen molar-refractivity contribution in [2.45, 2.75) is 6.54 Å². The van der Waals surface area contributed by atoms with Crippen LogP contribution in [-0.2, 0) is 6.54 Å². The molecule has 0 bridgehead atoms. The SMILES string of the molecule is COc1ccc2sc(N(Cc3ccccn3)C(=O)c3ccc(N(C)C)cc3)nc2c1. The summed E-state index contributed by atoms with van der Waals surface area (Å²) in [5.74, 6) is 0.623. The first kappa shape index (κ1) is 19.8. The molecule has 0 aliphatic carbocycles. The number of rotatable bonds is 6. The largest absolute Gasteiger partial charge is 0.497 e. The van der Waals surface area contributed by atoms with Gasteiger partial charge in [-0.15, -0.1) is 0 Å². The molecule has 2 aromatic heterocycles. The summed E-state index contributed by atoms with van der Waals surface area (Å²) in [5.41, 5.74) is 3.24. The van der Waals surface area contributed by atoms with E-state index in [2.05, 4.69) is 4.98 Å². The Bertz CT molecular complexity index is 1160. The highest BCUT2D eigenvalue weighted by atomic mass is 32.1. The fraction of sp³-hybridized carbons (Fsp3) is 0.174. The molecule has 30 heavy (non-hydrogen) atoms. The molecule has 4 rings (SSSR count). The van der Waals surface area contributed by atoms with Gasteiger partial charge in [0.2, 0.25) is 0 Å². The molecule has 0 atom stereocenters. The highest BCUT2D eigenvalue weighted by molar-refractivity contribution is 7.22. The van der Waals surface area contributed by atoms with Gasteiger partial charge in [0.15, 0.2) is 5.13 Å². The number of nitrogens with zero attached hydrogens (tertiary/aromatic N) is 4. The average molecular weight is 419 g/mol. The van der Waals surface area contributed by atoms with Crippen molar-refractivity contribution in [3.05, 3.63) is 78.1 Å². The molecule has 4 aromatic rings. The van der Waals surface area contributed by atoms with Crippen LogP contribution in [0.25, 0.3) is 10.2 Å². The van der Waals surface area contributed by atoms with Gasteiger partial charge in [-0.05, 0) is 48.5 Å². The van der Waals surface area contributed by atoms with Crippen LogP contribution in [-0.4, -0.2) is 37.1 Å². The van der Waals surface area contributed by atoms with E-state index in [1.165, 1.54) is 11.3 Å². The summed E-state index contributed by atoms with van der Waals surface area (Å²) in [5, 5.41) is 0.630. The summed E-state index contributed by atoms with van der Waals surface area (Å²) < 4.78 is 6.30. The first-order valence-electron chi connectivity index (χ1n) is 9.49. The fourth-order valence-electron chi connectivity index (χ4n) is 3.08. The van der Waals surface area contributed by atoms with Crippen molar-refractivity contribution in [3.8, 4) is 5.75 Å². The van der Waals surface area contributed by atoms with Gasteiger partial charge < -0.3 is 9.64 Å². The standard InChI is InChI=1S/C23H22N4O2S/c1-26(2)18-9-7-16(8-10-18)22(28)27(15-17-6-4-5-13-24-17)23-25-20-14-19(29-3)11-12-21(20)30-23/h4-14H,15H2,1-3H3. The zero-order valence-electron chi connectivity index (χ0n) is 17.1. The first-order chi connectivity index (χ1) is 14.5. The second-order valence-corrected chi connectivity index (χ2v) is 7.99. The number of fused-ring (bicyclic) bond motifs is 1. The molecule has 152 valence electrons. The third kappa shape index (κ3) is 4.11. The minimum Gasteiger partial charge on any atom is -0.497 e. The number of amides is 1. The maximum Gasteiger partial charge on any atom is 0.260 e. The molecule has 1 amide bonds. The van der Waals surface area contributed by atoms with E-state index in [9.17, 15) is 4.79 Å². The van der Waals surface area contributed by atoms with Crippen LogP contribution < -0.4 is 14.5 Å². The third-order valence-corrected chi connectivity index (χ3v) is 5.80. The smallest absolute Gasteiger partial charge is 0.260 e. The Morgan fingerprint density at radius 1 is 1.07 bits per heavy atom. The molecule has 2 aromatic carbocycles. The molecule has 0 aliphatic heterocycles. The fourth-order valence-corrected chi connectivity index (χ4v) is 4.02. The summed E-state index contributed by atoms with van der Waals surface area (Å²) in [4.78, 5) is 26.3. The molecule has 0 fully saturated rings. The lowest BCUT2D eigenvalue weighted by atomic mass is 10.1. The zero-order valence-corrected chi connectivity index (χ0v) is 17.9. The maximum absolute atomic E-state index is 13.5. The van der Waals surface area contributed by atoms with E-state index in [0.717, 1.165) is 27.3 Å². The van der Waals surface area contributed by atoms with Crippen molar-refractivity contribution in [1.82, 2.24) is 9.97 Å². The van der Waals surface area contributed by atoms with Crippen LogP contribution in [0.5, 0.6) is 5.75 Å². The number of hydrogen-bond acceptors (Lipinski definition) is 6. The normalized spacial score (nSPS) is 10.8. The zero-order chi connectivity index (χ0) is 21.1. The third-order valence-electron chi connectivity index (χ3n) is 4.74. The molecule has 0 saturated carbocycles. The number of aromatic nitrogens is 2. The minimum absolute atomic E-state index is 0.114. The molecule has 0 N–H and O–H groups in total. The number of hydrogen-bond donors (Lipinski definition) is 0. The first-order valence-corrected chi connectivity index (χ1v) is 10.3. The lowest BCUT2D eigenvalue weighted by Gasteiger charge is -2.20. The predicted octanol–water partition coefficient (Wildman–Crippen LogP) is 4.61. The maximum atomic E-state index is 13.5. The molecule has 0 radical (unpaired) electrons. The van der Waals surface area contributed by atoms with E-state index in [4.69, 9.17) is 9.72 Å². The minimum atomic E-state index is -0.114. The van der Waals surface area contributed by atoms with Crippen LogP contribution in [0.2, 0.25) is 0 Å². The monoisotopic (exact) mass is 418 g/mol. The number of anilines is 2. The van der Waals surface area contributed by atoms with Crippen molar-refractivity contribution in [2.75, 3.05) is 31.0 Å². The molecule has 7 heteroatoms. The summed E-state index contributed by atoms with van der Waals surface area (Å²) >= 11 is 1.48. The molecule has 0 saturated heterocycles. The number of benzene rings is 2. The molecular weight excluding hydrogens is 396 g/mol. The summed E-state index contributed by atoms with van der Waals surface area (Å²) in [7, 11) is 5.57. The van der Waals surface area contributed by atoms with Gasteiger partial charge in [0.1, 0.15) is 5.75 Å². The molecule has 2 heterocycles. The van der Waals surface area contributed by atoms with E-state index in [0.29, 0.717) is 17.2 Å². The number of ether oxygens (including phenoxy) is 1. The van der Waals surface area contributed by atoms with Crippen molar-refractivity contribution >= 4 is 38.3 Å². The summed E-state index contributed by atoms with van der Waals surface area (Å²) in [6.07, 6.45) is 1.73. The van der Waals surface area contributed by atoms with Crippen LogP contribution >= 0.6 is 11.3 Å². The Morgan fingerprint density at radius 2 is 1.87 bits per heavy atom. The number of methoxy groups -OCH3 is 1. The molecule has 0 unspecified atom stereocenters. The molecule has 6 nitrogen and oxygen atoms in total. The average Bonchev–Trinajstić information content (AvgIpc) is 3.20. The Hall–Kier alpha value is -3.45. The van der Waals surface area contributed by atoms with E-state index >= 15 is 0 Å². The highest BCUT2D eigenvalue weighted by Gasteiger charge is 2.22. The Kier molecular flexibility index (Phi) is 5.63. The number of thiazole rings is 1. The van der Waals surface area contributed by atoms with Crippen LogP contribution in [0, 0.1) is 0 Å². The van der Waals surface area contributed by atoms with Gasteiger partial charge in [-0.2, -0.15) is 0 Å². The lowest BCUT2D eigenvalue weighted by molar-refractivity contribution is 0.0985. The van der Waals surface area contributed by atoms with E-state index in [1.807, 2.05) is 79.7 Å². The van der Waals surface area contributed by atoms with Gasteiger partial charge >= 0.3 is 0 Å². The van der Waals surface area contributed by atoms with Crippen molar-refractivity contribution in [2.24, 2.45) is 0 Å². The number of carbonyl (C=O) groups is 1. The van der Waals surface area contributed by atoms with Crippen LogP contribution in [0.1, 0.15) is 16.1 Å². The van der Waals surface area contributed by atoms with Crippen LogP contribution in [0.4, 0.5) is 10.8 Å². The van der Waals surface area contributed by atoms with Crippen molar-refractivity contribution in [3.63, 3.8) is 0 Å².